The third kappa shape index (κ3) is 1.92. The Morgan fingerprint density at radius 3 is 1.45 bits per heavy atom. The van der Waals surface area contributed by atoms with Gasteiger partial charge in [-0.15, -0.1) is 0 Å². The zero-order valence-electron chi connectivity index (χ0n) is 18.1. The molecule has 152 valence electrons. The van der Waals surface area contributed by atoms with E-state index in [1.807, 2.05) is 0 Å². The molecule has 5 heteroatoms. The second-order valence-electron chi connectivity index (χ2n) is 9.21. The Morgan fingerprint density at radius 2 is 1.00 bits per heavy atom. The van der Waals surface area contributed by atoms with Crippen LogP contribution in [0.5, 0.6) is 0 Å². The maximum atomic E-state index is 5.10. The standard InChI is InChI=1S/C26H23N5/c1-14(2)16-8-5-10-18-22(16)29-20-12-7-13-21-24(20)31(25(29)27-18)26-28-19-11-6-9-17(15(3)4)23(19)30(21)26/h5-15H,1-4H3. The van der Waals surface area contributed by atoms with Gasteiger partial charge < -0.3 is 0 Å². The van der Waals surface area contributed by atoms with Crippen molar-refractivity contribution >= 4 is 50.2 Å². The number of fused-ring (bicyclic) bond motifs is 10. The van der Waals surface area contributed by atoms with Crippen molar-refractivity contribution in [3.05, 3.63) is 65.7 Å². The molecule has 0 N–H and O–H groups in total. The fourth-order valence-corrected chi connectivity index (χ4v) is 5.37. The Balaban J connectivity index is 1.80. The molecular formula is C26H23N5. The van der Waals surface area contributed by atoms with E-state index in [0.717, 1.165) is 22.6 Å². The highest BCUT2D eigenvalue weighted by Gasteiger charge is 2.25. The SMILES string of the molecule is CC(C)c1cccc2nc3n(c4cccc5c4n3c3nc4cccc(C(C)C)c4n53)c12. The Bertz CT molecular complexity index is 1660. The van der Waals surface area contributed by atoms with Gasteiger partial charge in [0.15, 0.2) is 0 Å². The molecule has 0 aliphatic heterocycles. The van der Waals surface area contributed by atoms with Crippen LogP contribution in [0.2, 0.25) is 0 Å². The van der Waals surface area contributed by atoms with Gasteiger partial charge >= 0.3 is 0 Å². The molecule has 4 heterocycles. The molecule has 0 saturated carbocycles. The normalized spacial score (nSPS) is 13.1. The lowest BCUT2D eigenvalue weighted by Gasteiger charge is -2.08. The van der Waals surface area contributed by atoms with E-state index >= 15 is 0 Å². The van der Waals surface area contributed by atoms with E-state index in [0.29, 0.717) is 11.8 Å². The van der Waals surface area contributed by atoms with Gasteiger partial charge in [0, 0.05) is 0 Å². The summed E-state index contributed by atoms with van der Waals surface area (Å²) in [6.07, 6.45) is 0. The van der Waals surface area contributed by atoms with Crippen LogP contribution < -0.4 is 0 Å². The van der Waals surface area contributed by atoms with Crippen LogP contribution in [-0.4, -0.2) is 23.2 Å². The Morgan fingerprint density at radius 1 is 0.548 bits per heavy atom. The molecule has 7 rings (SSSR count). The van der Waals surface area contributed by atoms with Crippen LogP contribution in [0, 0.1) is 0 Å². The predicted molar refractivity (Wildman–Crippen MR) is 127 cm³/mol. The van der Waals surface area contributed by atoms with E-state index in [-0.39, 0.29) is 0 Å². The molecule has 7 aromatic rings. The van der Waals surface area contributed by atoms with Gasteiger partial charge in [-0.3, -0.25) is 8.80 Å². The molecule has 0 aliphatic carbocycles. The second kappa shape index (κ2) is 5.55. The monoisotopic (exact) mass is 405 g/mol. The quantitative estimate of drug-likeness (QED) is 0.335. The fraction of sp³-hybridized carbons (Fsp3) is 0.231. The summed E-state index contributed by atoms with van der Waals surface area (Å²) in [5.74, 6) is 2.72. The highest BCUT2D eigenvalue weighted by Crippen LogP contribution is 2.37. The van der Waals surface area contributed by atoms with Crippen molar-refractivity contribution in [1.82, 2.24) is 23.2 Å². The van der Waals surface area contributed by atoms with Crippen molar-refractivity contribution in [3.63, 3.8) is 0 Å². The molecule has 4 aromatic heterocycles. The van der Waals surface area contributed by atoms with Gasteiger partial charge in [-0.05, 0) is 47.2 Å². The van der Waals surface area contributed by atoms with Crippen molar-refractivity contribution in [2.75, 3.05) is 0 Å². The van der Waals surface area contributed by atoms with Crippen molar-refractivity contribution in [2.45, 2.75) is 39.5 Å². The highest BCUT2D eigenvalue weighted by atomic mass is 15.3. The number of imidazole rings is 4. The number of rotatable bonds is 2. The molecule has 31 heavy (non-hydrogen) atoms. The molecular weight excluding hydrogens is 382 g/mol. The molecule has 0 saturated heterocycles. The molecule has 5 nitrogen and oxygen atoms in total. The van der Waals surface area contributed by atoms with E-state index in [9.17, 15) is 0 Å². The summed E-state index contributed by atoms with van der Waals surface area (Å²) < 4.78 is 6.91. The van der Waals surface area contributed by atoms with E-state index in [1.165, 1.54) is 38.7 Å². The van der Waals surface area contributed by atoms with E-state index in [2.05, 4.69) is 95.5 Å². The molecule has 0 amide bonds. The number of para-hydroxylation sites is 3. The minimum atomic E-state index is 0.422. The lowest BCUT2D eigenvalue weighted by molar-refractivity contribution is 0.872. The number of aromatic nitrogens is 5. The lowest BCUT2D eigenvalue weighted by atomic mass is 10.0. The van der Waals surface area contributed by atoms with Crippen molar-refractivity contribution in [2.24, 2.45) is 0 Å². The highest BCUT2D eigenvalue weighted by molar-refractivity contribution is 6.04. The van der Waals surface area contributed by atoms with Crippen LogP contribution in [0.25, 0.3) is 50.2 Å². The molecule has 0 fully saturated rings. The van der Waals surface area contributed by atoms with Crippen LogP contribution in [-0.2, 0) is 0 Å². The fourth-order valence-electron chi connectivity index (χ4n) is 5.37. The van der Waals surface area contributed by atoms with Gasteiger partial charge in [0.25, 0.3) is 0 Å². The predicted octanol–water partition coefficient (Wildman–Crippen LogP) is 6.38. The van der Waals surface area contributed by atoms with Gasteiger partial charge in [0.05, 0.1) is 33.1 Å². The number of hydrogen-bond acceptors (Lipinski definition) is 2. The van der Waals surface area contributed by atoms with Gasteiger partial charge in [-0.2, -0.15) is 0 Å². The average molecular weight is 406 g/mol. The van der Waals surface area contributed by atoms with Gasteiger partial charge in [0.1, 0.15) is 5.52 Å². The zero-order valence-corrected chi connectivity index (χ0v) is 18.1. The van der Waals surface area contributed by atoms with Crippen LogP contribution >= 0.6 is 0 Å². The number of nitrogens with zero attached hydrogens (tertiary/aromatic N) is 5. The smallest absolute Gasteiger partial charge is 0.223 e. The zero-order chi connectivity index (χ0) is 21.0. The Hall–Kier alpha value is -3.60. The number of hydrogen-bond donors (Lipinski definition) is 0. The van der Waals surface area contributed by atoms with E-state index in [4.69, 9.17) is 9.97 Å². The maximum absolute atomic E-state index is 5.10. The molecule has 3 aromatic carbocycles. The summed E-state index contributed by atoms with van der Waals surface area (Å²) in [5, 5.41) is 0. The molecule has 0 atom stereocenters. The summed E-state index contributed by atoms with van der Waals surface area (Å²) in [7, 11) is 0. The maximum Gasteiger partial charge on any atom is 0.223 e. The first-order valence-electron chi connectivity index (χ1n) is 11.0. The van der Waals surface area contributed by atoms with Gasteiger partial charge in [0.2, 0.25) is 11.6 Å². The second-order valence-corrected chi connectivity index (χ2v) is 9.21. The molecule has 0 spiro atoms. The Kier molecular flexibility index (Phi) is 3.06. The first-order valence-corrected chi connectivity index (χ1v) is 11.0. The van der Waals surface area contributed by atoms with Crippen LogP contribution in [0.15, 0.2) is 54.6 Å². The first kappa shape index (κ1) is 17.1. The van der Waals surface area contributed by atoms with Crippen LogP contribution in [0.1, 0.15) is 50.7 Å². The minimum Gasteiger partial charge on any atom is -0.276 e. The van der Waals surface area contributed by atoms with Crippen LogP contribution in [0.3, 0.4) is 0 Å². The molecule has 0 radical (unpaired) electrons. The molecule has 0 unspecified atom stereocenters. The van der Waals surface area contributed by atoms with Gasteiger partial charge in [-0.25, -0.2) is 14.4 Å². The van der Waals surface area contributed by atoms with E-state index < -0.39 is 0 Å². The lowest BCUT2D eigenvalue weighted by Crippen LogP contribution is -1.93. The van der Waals surface area contributed by atoms with Crippen molar-refractivity contribution in [3.8, 4) is 0 Å². The third-order valence-corrected chi connectivity index (χ3v) is 6.72. The summed E-state index contributed by atoms with van der Waals surface area (Å²) in [6.45, 7) is 8.99. The summed E-state index contributed by atoms with van der Waals surface area (Å²) in [6, 6.07) is 19.5. The third-order valence-electron chi connectivity index (χ3n) is 6.72. The van der Waals surface area contributed by atoms with Gasteiger partial charge in [-0.1, -0.05) is 58.0 Å². The van der Waals surface area contributed by atoms with Crippen molar-refractivity contribution < 1.29 is 0 Å². The molecule has 0 aliphatic rings. The first-order chi connectivity index (χ1) is 15.1. The minimum absolute atomic E-state index is 0.422. The van der Waals surface area contributed by atoms with Crippen LogP contribution in [0.4, 0.5) is 0 Å². The topological polar surface area (TPSA) is 39.0 Å². The van der Waals surface area contributed by atoms with Crippen molar-refractivity contribution in [1.29, 1.82) is 0 Å². The largest absolute Gasteiger partial charge is 0.276 e. The summed E-state index contributed by atoms with van der Waals surface area (Å²) in [5.41, 5.74) is 10.7. The average Bonchev–Trinajstić information content (AvgIpc) is 3.46. The number of benzene rings is 3. The summed E-state index contributed by atoms with van der Waals surface area (Å²) in [4.78, 5) is 10.2. The molecule has 0 bridgehead atoms. The Labute approximate surface area is 178 Å². The van der Waals surface area contributed by atoms with E-state index in [1.54, 1.807) is 0 Å². The summed E-state index contributed by atoms with van der Waals surface area (Å²) >= 11 is 0.